The predicted molar refractivity (Wildman–Crippen MR) is 65.2 cm³/mol. The van der Waals surface area contributed by atoms with Crippen LogP contribution in [0.4, 0.5) is 13.2 Å². The number of nitrogens with two attached hydrogens (primary N) is 1. The van der Waals surface area contributed by atoms with Crippen molar-refractivity contribution in [2.45, 2.75) is 12.7 Å². The zero-order chi connectivity index (χ0) is 13.8. The maximum atomic E-state index is 12.3. The molecule has 98 valence electrons. The highest BCUT2D eigenvalue weighted by Gasteiger charge is 2.33. The highest BCUT2D eigenvalue weighted by molar-refractivity contribution is 6.02. The normalized spacial score (nSPS) is 12.4. The van der Waals surface area contributed by atoms with Crippen LogP contribution in [0.1, 0.15) is 11.1 Å². The van der Waals surface area contributed by atoms with Gasteiger partial charge in [0.15, 0.2) is 0 Å². The van der Waals surface area contributed by atoms with E-state index in [9.17, 15) is 13.2 Å². The maximum absolute atomic E-state index is 12.3. The highest BCUT2D eigenvalue weighted by Crippen LogP contribution is 2.21. The van der Waals surface area contributed by atoms with E-state index in [4.69, 9.17) is 11.1 Å². The van der Waals surface area contributed by atoms with Gasteiger partial charge in [-0.2, -0.15) is 13.2 Å². The fourth-order valence-electron chi connectivity index (χ4n) is 1.47. The van der Waals surface area contributed by atoms with Gasteiger partial charge in [0, 0.05) is 24.9 Å². The Morgan fingerprint density at radius 2 is 2.00 bits per heavy atom. The first kappa shape index (κ1) is 14.2. The molecule has 0 aromatic heterocycles. The Morgan fingerprint density at radius 3 is 2.50 bits per heavy atom. The summed E-state index contributed by atoms with van der Waals surface area (Å²) in [6.07, 6.45) is -3.89. The van der Waals surface area contributed by atoms with Crippen molar-refractivity contribution in [3.05, 3.63) is 41.5 Å². The summed E-state index contributed by atoms with van der Waals surface area (Å²) in [4.78, 5) is 0. The molecule has 0 bridgehead atoms. The van der Waals surface area contributed by atoms with Crippen LogP contribution in [0.2, 0.25) is 0 Å². The van der Waals surface area contributed by atoms with E-state index in [2.05, 4.69) is 5.32 Å². The third-order valence-corrected chi connectivity index (χ3v) is 2.39. The Hall–Kier alpha value is -1.82. The molecule has 0 unspecified atom stereocenters. The predicted octanol–water partition coefficient (Wildman–Crippen LogP) is 2.29. The second-order valence-electron chi connectivity index (χ2n) is 3.58. The Bertz CT molecular complexity index is 464. The summed E-state index contributed by atoms with van der Waals surface area (Å²) < 4.78 is 37.0. The van der Waals surface area contributed by atoms with Crippen LogP contribution in [-0.2, 0) is 6.54 Å². The van der Waals surface area contributed by atoms with E-state index in [-0.39, 0.29) is 12.2 Å². The van der Waals surface area contributed by atoms with E-state index in [1.807, 2.05) is 0 Å². The van der Waals surface area contributed by atoms with Gasteiger partial charge in [-0.15, -0.1) is 0 Å². The molecule has 0 amide bonds. The maximum Gasteiger partial charge on any atom is 0.432 e. The average Bonchev–Trinajstić information content (AvgIpc) is 2.34. The van der Waals surface area contributed by atoms with Gasteiger partial charge >= 0.3 is 6.18 Å². The van der Waals surface area contributed by atoms with Gasteiger partial charge in [0.2, 0.25) is 0 Å². The monoisotopic (exact) mass is 257 g/mol. The van der Waals surface area contributed by atoms with Crippen LogP contribution in [0.3, 0.4) is 0 Å². The first-order valence-electron chi connectivity index (χ1n) is 5.23. The molecule has 0 aliphatic heterocycles. The van der Waals surface area contributed by atoms with Crippen LogP contribution in [0.15, 0.2) is 30.3 Å². The molecule has 1 aromatic carbocycles. The van der Waals surface area contributed by atoms with E-state index >= 15 is 0 Å². The highest BCUT2D eigenvalue weighted by atomic mass is 19.4. The van der Waals surface area contributed by atoms with Gasteiger partial charge in [0.1, 0.15) is 5.71 Å². The van der Waals surface area contributed by atoms with Crippen molar-refractivity contribution in [3.8, 4) is 0 Å². The number of alkyl halides is 3. The van der Waals surface area contributed by atoms with Gasteiger partial charge in [-0.3, -0.25) is 5.41 Å². The van der Waals surface area contributed by atoms with Crippen LogP contribution in [-0.4, -0.2) is 18.9 Å². The molecule has 0 atom stereocenters. The Balaban J connectivity index is 3.18. The van der Waals surface area contributed by atoms with Crippen LogP contribution in [0.25, 0.3) is 5.70 Å². The number of benzene rings is 1. The molecule has 0 saturated carbocycles. The summed E-state index contributed by atoms with van der Waals surface area (Å²) >= 11 is 0. The lowest BCUT2D eigenvalue weighted by atomic mass is 10.0. The molecular weight excluding hydrogens is 243 g/mol. The fourth-order valence-corrected chi connectivity index (χ4v) is 1.47. The lowest BCUT2D eigenvalue weighted by Crippen LogP contribution is -2.21. The molecule has 1 rings (SSSR count). The first-order chi connectivity index (χ1) is 8.40. The van der Waals surface area contributed by atoms with Crippen molar-refractivity contribution in [1.29, 1.82) is 5.41 Å². The standard InChI is InChI=1S/C12H14F3N3/c1-18-10(6-11(17)12(13,14)15)9-5-3-2-4-8(9)7-16/h2-6,17-18H,7,16H2,1H3/b10-6-,17-11?. The molecule has 1 aromatic rings. The van der Waals surface area contributed by atoms with Crippen molar-refractivity contribution >= 4 is 11.4 Å². The van der Waals surface area contributed by atoms with Crippen molar-refractivity contribution < 1.29 is 13.2 Å². The van der Waals surface area contributed by atoms with E-state index in [0.29, 0.717) is 11.1 Å². The van der Waals surface area contributed by atoms with E-state index in [1.54, 1.807) is 24.3 Å². The van der Waals surface area contributed by atoms with Gasteiger partial charge < -0.3 is 11.1 Å². The molecule has 0 radical (unpaired) electrons. The molecule has 0 fully saturated rings. The Kier molecular flexibility index (Phi) is 4.49. The quantitative estimate of drug-likeness (QED) is 0.725. The summed E-state index contributed by atoms with van der Waals surface area (Å²) in [5.74, 6) is 0. The van der Waals surface area contributed by atoms with E-state index in [1.165, 1.54) is 7.05 Å². The average molecular weight is 257 g/mol. The zero-order valence-corrected chi connectivity index (χ0v) is 9.81. The second kappa shape index (κ2) is 5.68. The SMILES string of the molecule is CN/C(=C\C(=N)C(F)(F)F)c1ccccc1CN. The Labute approximate surface area is 103 Å². The largest absolute Gasteiger partial charge is 0.432 e. The van der Waals surface area contributed by atoms with Crippen LogP contribution in [0, 0.1) is 5.41 Å². The van der Waals surface area contributed by atoms with E-state index < -0.39 is 11.9 Å². The number of hydrogen-bond donors (Lipinski definition) is 3. The van der Waals surface area contributed by atoms with Gasteiger partial charge in [-0.05, 0) is 11.6 Å². The molecule has 0 saturated heterocycles. The second-order valence-corrected chi connectivity index (χ2v) is 3.58. The van der Waals surface area contributed by atoms with Gasteiger partial charge in [0.25, 0.3) is 0 Å². The minimum absolute atomic E-state index is 0.217. The molecule has 4 N–H and O–H groups in total. The lowest BCUT2D eigenvalue weighted by molar-refractivity contribution is -0.0583. The third-order valence-electron chi connectivity index (χ3n) is 2.39. The zero-order valence-electron chi connectivity index (χ0n) is 9.81. The number of rotatable bonds is 4. The summed E-state index contributed by atoms with van der Waals surface area (Å²) in [6, 6.07) is 6.86. The number of halogens is 3. The minimum Gasteiger partial charge on any atom is -0.388 e. The van der Waals surface area contributed by atoms with Crippen LogP contribution in [0.5, 0.6) is 0 Å². The molecule has 0 aliphatic rings. The summed E-state index contributed by atoms with van der Waals surface area (Å²) in [6.45, 7) is 0.217. The van der Waals surface area contributed by atoms with Crippen molar-refractivity contribution in [2.75, 3.05) is 7.05 Å². The molecular formula is C12H14F3N3. The molecule has 0 heterocycles. The number of hydrogen-bond acceptors (Lipinski definition) is 3. The first-order valence-corrected chi connectivity index (χ1v) is 5.23. The molecule has 3 nitrogen and oxygen atoms in total. The molecule has 18 heavy (non-hydrogen) atoms. The van der Waals surface area contributed by atoms with E-state index in [0.717, 1.165) is 6.08 Å². The van der Waals surface area contributed by atoms with Crippen molar-refractivity contribution in [2.24, 2.45) is 5.73 Å². The fraction of sp³-hybridized carbons (Fsp3) is 0.250. The molecule has 0 aliphatic carbocycles. The Morgan fingerprint density at radius 1 is 1.39 bits per heavy atom. The number of nitrogens with one attached hydrogen (secondary N) is 2. The summed E-state index contributed by atoms with van der Waals surface area (Å²) in [7, 11) is 1.50. The topological polar surface area (TPSA) is 61.9 Å². The summed E-state index contributed by atoms with van der Waals surface area (Å²) in [5.41, 5.74) is 5.63. The van der Waals surface area contributed by atoms with Crippen molar-refractivity contribution in [3.63, 3.8) is 0 Å². The molecule has 0 spiro atoms. The minimum atomic E-state index is -4.65. The van der Waals surface area contributed by atoms with Crippen molar-refractivity contribution in [1.82, 2.24) is 5.32 Å². The van der Waals surface area contributed by atoms with Crippen LogP contribution >= 0.6 is 0 Å². The smallest absolute Gasteiger partial charge is 0.388 e. The van der Waals surface area contributed by atoms with Gasteiger partial charge in [0.05, 0.1) is 0 Å². The number of allylic oxidation sites excluding steroid dienone is 1. The summed E-state index contributed by atoms with van der Waals surface area (Å²) in [5, 5.41) is 9.64. The van der Waals surface area contributed by atoms with Gasteiger partial charge in [-0.1, -0.05) is 24.3 Å². The van der Waals surface area contributed by atoms with Gasteiger partial charge in [-0.25, -0.2) is 0 Å². The lowest BCUT2D eigenvalue weighted by Gasteiger charge is -2.13. The van der Waals surface area contributed by atoms with Crippen LogP contribution < -0.4 is 11.1 Å². The molecule has 6 heteroatoms. The third kappa shape index (κ3) is 3.33.